The maximum Gasteiger partial charge on any atom is 0.320 e. The van der Waals surface area contributed by atoms with Crippen LogP contribution in [0.3, 0.4) is 0 Å². The van der Waals surface area contributed by atoms with Crippen molar-refractivity contribution in [3.05, 3.63) is 35.4 Å². The quantitative estimate of drug-likeness (QED) is 0.730. The Bertz CT molecular complexity index is 368. The van der Waals surface area contributed by atoms with Gasteiger partial charge in [0.2, 0.25) is 0 Å². The molecule has 3 nitrogen and oxygen atoms in total. The Morgan fingerprint density at radius 1 is 1.47 bits per heavy atom. The first-order valence-corrected chi connectivity index (χ1v) is 6.86. The number of carboxylic acids is 1. The molecule has 3 N–H and O–H groups in total. The van der Waals surface area contributed by atoms with Gasteiger partial charge >= 0.3 is 5.97 Å². The number of thioether (sulfide) groups is 1. The molecule has 0 saturated carbocycles. The highest BCUT2D eigenvalue weighted by atomic mass is 32.2. The van der Waals surface area contributed by atoms with E-state index < -0.39 is 12.0 Å². The highest BCUT2D eigenvalue weighted by Crippen LogP contribution is 2.10. The zero-order valence-electron chi connectivity index (χ0n) is 10.1. The van der Waals surface area contributed by atoms with Crippen molar-refractivity contribution in [1.29, 1.82) is 0 Å². The number of aliphatic carboxylic acids is 1. The van der Waals surface area contributed by atoms with Gasteiger partial charge in [0.05, 0.1) is 0 Å². The van der Waals surface area contributed by atoms with Crippen molar-refractivity contribution >= 4 is 17.7 Å². The van der Waals surface area contributed by atoms with Crippen LogP contribution in [0.2, 0.25) is 0 Å². The second-order valence-corrected chi connectivity index (χ2v) is 5.31. The molecule has 1 aromatic rings. The Kier molecular flexibility index (Phi) is 6.08. The second kappa shape index (κ2) is 7.35. The minimum absolute atomic E-state index is 0.536. The Morgan fingerprint density at radius 3 is 2.88 bits per heavy atom. The van der Waals surface area contributed by atoms with Gasteiger partial charge in [-0.25, -0.2) is 0 Å². The van der Waals surface area contributed by atoms with Gasteiger partial charge in [-0.2, -0.15) is 11.8 Å². The van der Waals surface area contributed by atoms with E-state index in [1.807, 2.05) is 0 Å². The summed E-state index contributed by atoms with van der Waals surface area (Å²) >= 11 is 1.76. The summed E-state index contributed by atoms with van der Waals surface area (Å²) < 4.78 is 0. The molecule has 1 rings (SSSR count). The SMILES string of the molecule is Cc1cccc(CCSCCC(N)C(=O)O)c1. The molecule has 0 aliphatic heterocycles. The number of aryl methyl sites for hydroxylation is 2. The van der Waals surface area contributed by atoms with Crippen LogP contribution in [0.4, 0.5) is 0 Å². The van der Waals surface area contributed by atoms with E-state index in [4.69, 9.17) is 10.8 Å². The predicted molar refractivity (Wildman–Crippen MR) is 72.4 cm³/mol. The van der Waals surface area contributed by atoms with Gasteiger partial charge in [0, 0.05) is 0 Å². The molecule has 1 atom stereocenters. The van der Waals surface area contributed by atoms with Gasteiger partial charge < -0.3 is 10.8 Å². The van der Waals surface area contributed by atoms with Gasteiger partial charge in [0.25, 0.3) is 0 Å². The van der Waals surface area contributed by atoms with Crippen molar-refractivity contribution in [1.82, 2.24) is 0 Å². The fraction of sp³-hybridized carbons (Fsp3) is 0.462. The third-order valence-electron chi connectivity index (χ3n) is 2.51. The van der Waals surface area contributed by atoms with E-state index in [9.17, 15) is 4.79 Å². The van der Waals surface area contributed by atoms with Crippen molar-refractivity contribution in [2.45, 2.75) is 25.8 Å². The molecule has 0 heterocycles. The summed E-state index contributed by atoms with van der Waals surface area (Å²) in [7, 11) is 0. The van der Waals surface area contributed by atoms with Gasteiger partial charge in [-0.05, 0) is 36.8 Å². The molecular formula is C13H19NO2S. The van der Waals surface area contributed by atoms with Crippen LogP contribution < -0.4 is 5.73 Å². The first kappa shape index (κ1) is 14.1. The molecule has 4 heteroatoms. The van der Waals surface area contributed by atoms with Crippen LogP contribution in [-0.4, -0.2) is 28.6 Å². The van der Waals surface area contributed by atoms with Crippen molar-refractivity contribution in [2.75, 3.05) is 11.5 Å². The Morgan fingerprint density at radius 2 is 2.24 bits per heavy atom. The van der Waals surface area contributed by atoms with Crippen LogP contribution in [0.5, 0.6) is 0 Å². The van der Waals surface area contributed by atoms with Crippen molar-refractivity contribution in [2.24, 2.45) is 5.73 Å². The van der Waals surface area contributed by atoms with Gasteiger partial charge in [0.15, 0.2) is 0 Å². The first-order chi connectivity index (χ1) is 8.09. The van der Waals surface area contributed by atoms with E-state index in [0.29, 0.717) is 6.42 Å². The summed E-state index contributed by atoms with van der Waals surface area (Å²) in [4.78, 5) is 10.5. The molecule has 0 aliphatic carbocycles. The fourth-order valence-electron chi connectivity index (χ4n) is 1.49. The number of hydrogen-bond acceptors (Lipinski definition) is 3. The van der Waals surface area contributed by atoms with Gasteiger partial charge in [-0.15, -0.1) is 0 Å². The lowest BCUT2D eigenvalue weighted by Gasteiger charge is -2.06. The zero-order chi connectivity index (χ0) is 12.7. The van der Waals surface area contributed by atoms with Crippen molar-refractivity contribution in [3.63, 3.8) is 0 Å². The molecule has 17 heavy (non-hydrogen) atoms. The third-order valence-corrected chi connectivity index (χ3v) is 3.53. The number of hydrogen-bond donors (Lipinski definition) is 2. The lowest BCUT2D eigenvalue weighted by atomic mass is 10.1. The zero-order valence-corrected chi connectivity index (χ0v) is 10.9. The number of carboxylic acid groups (broad SMARTS) is 1. The van der Waals surface area contributed by atoms with E-state index in [2.05, 4.69) is 31.2 Å². The van der Waals surface area contributed by atoms with E-state index in [1.165, 1.54) is 11.1 Å². The van der Waals surface area contributed by atoms with Crippen molar-refractivity contribution in [3.8, 4) is 0 Å². The maximum atomic E-state index is 10.5. The molecule has 0 amide bonds. The first-order valence-electron chi connectivity index (χ1n) is 5.71. The lowest BCUT2D eigenvalue weighted by molar-refractivity contribution is -0.138. The molecule has 94 valence electrons. The molecule has 0 fully saturated rings. The number of carbonyl (C=O) groups is 1. The normalized spacial score (nSPS) is 12.4. The Balaban J connectivity index is 2.14. The average Bonchev–Trinajstić information content (AvgIpc) is 2.28. The summed E-state index contributed by atoms with van der Waals surface area (Å²) in [5, 5.41) is 8.61. The molecule has 0 bridgehead atoms. The van der Waals surface area contributed by atoms with Gasteiger partial charge in [-0.3, -0.25) is 4.79 Å². The lowest BCUT2D eigenvalue weighted by Crippen LogP contribution is -2.30. The molecule has 0 aliphatic rings. The molecule has 0 radical (unpaired) electrons. The largest absolute Gasteiger partial charge is 0.480 e. The van der Waals surface area contributed by atoms with Crippen LogP contribution in [0, 0.1) is 6.92 Å². The number of benzene rings is 1. The molecule has 0 spiro atoms. The van der Waals surface area contributed by atoms with Gasteiger partial charge in [0.1, 0.15) is 6.04 Å². The van der Waals surface area contributed by atoms with Crippen LogP contribution in [0.15, 0.2) is 24.3 Å². The monoisotopic (exact) mass is 253 g/mol. The standard InChI is InChI=1S/C13H19NO2S/c1-10-3-2-4-11(9-10)5-7-17-8-6-12(14)13(15)16/h2-4,9,12H,5-8,14H2,1H3,(H,15,16). The van der Waals surface area contributed by atoms with E-state index >= 15 is 0 Å². The summed E-state index contributed by atoms with van der Waals surface area (Å²) in [6.07, 6.45) is 1.56. The summed E-state index contributed by atoms with van der Waals surface area (Å²) in [6.45, 7) is 2.09. The van der Waals surface area contributed by atoms with Crippen LogP contribution in [-0.2, 0) is 11.2 Å². The van der Waals surface area contributed by atoms with Crippen LogP contribution in [0.25, 0.3) is 0 Å². The van der Waals surface area contributed by atoms with Crippen LogP contribution >= 0.6 is 11.8 Å². The number of rotatable bonds is 7. The van der Waals surface area contributed by atoms with Crippen LogP contribution in [0.1, 0.15) is 17.5 Å². The molecule has 1 unspecified atom stereocenters. The molecule has 0 saturated heterocycles. The predicted octanol–water partition coefficient (Wildman–Crippen LogP) is 2.07. The highest BCUT2D eigenvalue weighted by Gasteiger charge is 2.09. The average molecular weight is 253 g/mol. The topological polar surface area (TPSA) is 63.3 Å². The molecular weight excluding hydrogens is 234 g/mol. The highest BCUT2D eigenvalue weighted by molar-refractivity contribution is 7.99. The summed E-state index contributed by atoms with van der Waals surface area (Å²) in [5.41, 5.74) is 8.03. The Hall–Kier alpha value is -1.00. The third kappa shape index (κ3) is 5.75. The molecule has 1 aromatic carbocycles. The van der Waals surface area contributed by atoms with E-state index in [-0.39, 0.29) is 0 Å². The Labute approximate surface area is 106 Å². The molecule has 0 aromatic heterocycles. The summed E-state index contributed by atoms with van der Waals surface area (Å²) in [5.74, 6) is 0.902. The van der Waals surface area contributed by atoms with Crippen molar-refractivity contribution < 1.29 is 9.90 Å². The second-order valence-electron chi connectivity index (χ2n) is 4.08. The number of nitrogens with two attached hydrogens (primary N) is 1. The fourth-order valence-corrected chi connectivity index (χ4v) is 2.50. The minimum atomic E-state index is -0.913. The minimum Gasteiger partial charge on any atom is -0.480 e. The van der Waals surface area contributed by atoms with Gasteiger partial charge in [-0.1, -0.05) is 29.8 Å². The summed E-state index contributed by atoms with van der Waals surface area (Å²) in [6, 6.07) is 7.74. The van der Waals surface area contributed by atoms with E-state index in [1.54, 1.807) is 11.8 Å². The smallest absolute Gasteiger partial charge is 0.320 e. The maximum absolute atomic E-state index is 10.5. The van der Waals surface area contributed by atoms with E-state index in [0.717, 1.165) is 17.9 Å².